The molecule has 0 heterocycles. The van der Waals surface area contributed by atoms with Gasteiger partial charge in [0.2, 0.25) is 0 Å². The molecule has 0 aliphatic heterocycles. The SMILES string of the molecule is CNCOc1ccc(C(=O)OC)cc1. The quantitative estimate of drug-likeness (QED) is 0.575. The lowest BCUT2D eigenvalue weighted by molar-refractivity contribution is 0.0600. The van der Waals surface area contributed by atoms with Crippen molar-refractivity contribution in [2.75, 3.05) is 20.9 Å². The summed E-state index contributed by atoms with van der Waals surface area (Å²) in [5.74, 6) is 0.372. The highest BCUT2D eigenvalue weighted by Crippen LogP contribution is 2.12. The molecular weight excluding hydrogens is 182 g/mol. The molecule has 0 fully saturated rings. The minimum absolute atomic E-state index is 0.342. The van der Waals surface area contributed by atoms with Crippen LogP contribution in [0.4, 0.5) is 0 Å². The van der Waals surface area contributed by atoms with E-state index >= 15 is 0 Å². The van der Waals surface area contributed by atoms with E-state index in [1.807, 2.05) is 0 Å². The number of carbonyl (C=O) groups is 1. The van der Waals surface area contributed by atoms with Gasteiger partial charge in [-0.05, 0) is 31.3 Å². The molecule has 0 radical (unpaired) electrons. The van der Waals surface area contributed by atoms with Crippen molar-refractivity contribution in [3.63, 3.8) is 0 Å². The number of hydrogen-bond donors (Lipinski definition) is 1. The standard InChI is InChI=1S/C10H13NO3/c1-11-7-14-9-5-3-8(4-6-9)10(12)13-2/h3-6,11H,7H2,1-2H3. The van der Waals surface area contributed by atoms with Gasteiger partial charge in [0.05, 0.1) is 12.7 Å². The van der Waals surface area contributed by atoms with Crippen LogP contribution in [0.5, 0.6) is 5.75 Å². The van der Waals surface area contributed by atoms with Gasteiger partial charge >= 0.3 is 5.97 Å². The third kappa shape index (κ3) is 2.74. The first-order valence-electron chi connectivity index (χ1n) is 4.23. The summed E-state index contributed by atoms with van der Waals surface area (Å²) in [5, 5.41) is 2.85. The third-order valence-electron chi connectivity index (χ3n) is 1.66. The van der Waals surface area contributed by atoms with Crippen LogP contribution >= 0.6 is 0 Å². The number of rotatable bonds is 4. The molecule has 1 aromatic carbocycles. The number of hydrogen-bond acceptors (Lipinski definition) is 4. The van der Waals surface area contributed by atoms with Gasteiger partial charge in [-0.25, -0.2) is 4.79 Å². The molecule has 0 aromatic heterocycles. The Kier molecular flexibility index (Phi) is 3.94. The summed E-state index contributed by atoms with van der Waals surface area (Å²) in [6.45, 7) is 0.442. The molecule has 0 unspecified atom stereocenters. The second kappa shape index (κ2) is 5.24. The van der Waals surface area contributed by atoms with E-state index in [9.17, 15) is 4.79 Å². The largest absolute Gasteiger partial charge is 0.478 e. The van der Waals surface area contributed by atoms with Gasteiger partial charge in [-0.1, -0.05) is 0 Å². The average molecular weight is 195 g/mol. The Morgan fingerprint density at radius 3 is 2.50 bits per heavy atom. The van der Waals surface area contributed by atoms with Crippen molar-refractivity contribution < 1.29 is 14.3 Å². The molecular formula is C10H13NO3. The van der Waals surface area contributed by atoms with Crippen molar-refractivity contribution in [1.29, 1.82) is 0 Å². The molecule has 1 rings (SSSR count). The molecule has 0 atom stereocenters. The number of carbonyl (C=O) groups excluding carboxylic acids is 1. The summed E-state index contributed by atoms with van der Waals surface area (Å²) in [4.78, 5) is 11.1. The number of nitrogens with one attached hydrogen (secondary N) is 1. The van der Waals surface area contributed by atoms with Gasteiger partial charge in [0.15, 0.2) is 0 Å². The zero-order chi connectivity index (χ0) is 10.4. The fraction of sp³-hybridized carbons (Fsp3) is 0.300. The predicted octanol–water partition coefficient (Wildman–Crippen LogP) is 1.03. The molecule has 0 aliphatic carbocycles. The average Bonchev–Trinajstić information content (AvgIpc) is 2.26. The molecule has 1 aromatic rings. The summed E-state index contributed by atoms with van der Waals surface area (Å²) in [6.07, 6.45) is 0. The van der Waals surface area contributed by atoms with E-state index in [4.69, 9.17) is 4.74 Å². The summed E-state index contributed by atoms with van der Waals surface area (Å²) in [5.41, 5.74) is 0.518. The zero-order valence-electron chi connectivity index (χ0n) is 8.24. The van der Waals surface area contributed by atoms with E-state index in [0.29, 0.717) is 18.0 Å². The van der Waals surface area contributed by atoms with Crippen molar-refractivity contribution >= 4 is 5.97 Å². The van der Waals surface area contributed by atoms with Gasteiger partial charge in [0.25, 0.3) is 0 Å². The molecule has 0 saturated heterocycles. The Bertz CT molecular complexity index is 295. The minimum atomic E-state index is -0.342. The monoisotopic (exact) mass is 195 g/mol. The van der Waals surface area contributed by atoms with Crippen molar-refractivity contribution in [3.8, 4) is 5.75 Å². The van der Waals surface area contributed by atoms with Gasteiger partial charge in [-0.2, -0.15) is 0 Å². The molecule has 14 heavy (non-hydrogen) atoms. The lowest BCUT2D eigenvalue weighted by Gasteiger charge is -2.05. The highest BCUT2D eigenvalue weighted by atomic mass is 16.5. The van der Waals surface area contributed by atoms with Crippen LogP contribution in [-0.4, -0.2) is 26.9 Å². The predicted molar refractivity (Wildman–Crippen MR) is 52.3 cm³/mol. The van der Waals surface area contributed by atoms with Crippen LogP contribution in [0, 0.1) is 0 Å². The van der Waals surface area contributed by atoms with E-state index in [1.165, 1.54) is 7.11 Å². The van der Waals surface area contributed by atoms with Crippen molar-refractivity contribution in [3.05, 3.63) is 29.8 Å². The maximum Gasteiger partial charge on any atom is 0.337 e. The Balaban J connectivity index is 2.63. The van der Waals surface area contributed by atoms with Gasteiger partial charge < -0.3 is 9.47 Å². The highest BCUT2D eigenvalue weighted by Gasteiger charge is 2.03. The fourth-order valence-corrected chi connectivity index (χ4v) is 0.961. The Labute approximate surface area is 82.8 Å². The van der Waals surface area contributed by atoms with Crippen LogP contribution in [0.1, 0.15) is 10.4 Å². The first-order valence-corrected chi connectivity index (χ1v) is 4.23. The second-order valence-corrected chi connectivity index (χ2v) is 2.66. The summed E-state index contributed by atoms with van der Waals surface area (Å²) in [7, 11) is 3.15. The van der Waals surface area contributed by atoms with Crippen LogP contribution in [0.15, 0.2) is 24.3 Å². The van der Waals surface area contributed by atoms with E-state index in [1.54, 1.807) is 31.3 Å². The molecule has 0 saturated carbocycles. The minimum Gasteiger partial charge on any atom is -0.478 e. The fourth-order valence-electron chi connectivity index (χ4n) is 0.961. The maximum absolute atomic E-state index is 11.1. The number of ether oxygens (including phenoxy) is 2. The van der Waals surface area contributed by atoms with E-state index in [2.05, 4.69) is 10.1 Å². The smallest absolute Gasteiger partial charge is 0.337 e. The number of esters is 1. The van der Waals surface area contributed by atoms with E-state index < -0.39 is 0 Å². The highest BCUT2D eigenvalue weighted by molar-refractivity contribution is 5.89. The second-order valence-electron chi connectivity index (χ2n) is 2.66. The Hall–Kier alpha value is -1.55. The van der Waals surface area contributed by atoms with Crippen LogP contribution in [0.2, 0.25) is 0 Å². The zero-order valence-corrected chi connectivity index (χ0v) is 8.24. The molecule has 0 bridgehead atoms. The topological polar surface area (TPSA) is 47.6 Å². The maximum atomic E-state index is 11.1. The van der Waals surface area contributed by atoms with Crippen molar-refractivity contribution in [2.45, 2.75) is 0 Å². The molecule has 0 spiro atoms. The molecule has 4 heteroatoms. The first-order chi connectivity index (χ1) is 6.77. The van der Waals surface area contributed by atoms with E-state index in [0.717, 1.165) is 0 Å². The molecule has 76 valence electrons. The number of benzene rings is 1. The summed E-state index contributed by atoms with van der Waals surface area (Å²) in [6, 6.07) is 6.78. The molecule has 0 aliphatic rings. The van der Waals surface area contributed by atoms with Crippen LogP contribution in [-0.2, 0) is 4.74 Å². The Morgan fingerprint density at radius 1 is 1.36 bits per heavy atom. The third-order valence-corrected chi connectivity index (χ3v) is 1.66. The van der Waals surface area contributed by atoms with Crippen LogP contribution in [0.3, 0.4) is 0 Å². The lowest BCUT2D eigenvalue weighted by Crippen LogP contribution is -2.14. The van der Waals surface area contributed by atoms with Gasteiger partial charge in [0.1, 0.15) is 12.5 Å². The summed E-state index contributed by atoms with van der Waals surface area (Å²) >= 11 is 0. The van der Waals surface area contributed by atoms with Crippen LogP contribution in [0.25, 0.3) is 0 Å². The summed E-state index contributed by atoms with van der Waals surface area (Å²) < 4.78 is 9.83. The molecule has 1 N–H and O–H groups in total. The van der Waals surface area contributed by atoms with Gasteiger partial charge in [-0.3, -0.25) is 5.32 Å². The molecule has 4 nitrogen and oxygen atoms in total. The van der Waals surface area contributed by atoms with Crippen LogP contribution < -0.4 is 10.1 Å². The van der Waals surface area contributed by atoms with Crippen molar-refractivity contribution in [1.82, 2.24) is 5.32 Å². The first kappa shape index (κ1) is 10.5. The number of methoxy groups -OCH3 is 1. The lowest BCUT2D eigenvalue weighted by atomic mass is 10.2. The van der Waals surface area contributed by atoms with E-state index in [-0.39, 0.29) is 5.97 Å². The normalized spacial score (nSPS) is 9.57. The molecule has 0 amide bonds. The van der Waals surface area contributed by atoms with Gasteiger partial charge in [0, 0.05) is 0 Å². The Morgan fingerprint density at radius 2 is 2.00 bits per heavy atom. The van der Waals surface area contributed by atoms with Gasteiger partial charge in [-0.15, -0.1) is 0 Å². The van der Waals surface area contributed by atoms with Crippen molar-refractivity contribution in [2.24, 2.45) is 0 Å².